The average Bonchev–Trinajstić information content (AvgIpc) is 2.77. The van der Waals surface area contributed by atoms with Gasteiger partial charge in [-0.2, -0.15) is 0 Å². The highest BCUT2D eigenvalue weighted by Gasteiger charge is 2.18. The van der Waals surface area contributed by atoms with E-state index in [4.69, 9.17) is 5.11 Å². The van der Waals surface area contributed by atoms with Crippen molar-refractivity contribution in [2.24, 2.45) is 0 Å². The van der Waals surface area contributed by atoms with Gasteiger partial charge in [0.2, 0.25) is 0 Å². The number of rotatable bonds is 4. The minimum atomic E-state index is -3.94. The minimum absolute atomic E-state index is 0.0670. The quantitative estimate of drug-likeness (QED) is 0.417. The van der Waals surface area contributed by atoms with Crippen LogP contribution in [0.2, 0.25) is 0 Å². The number of aromatic carboxylic acids is 1. The number of carbonyl (C=O) groups is 1. The number of benzene rings is 4. The molecule has 0 unspecified atom stereocenters. The summed E-state index contributed by atoms with van der Waals surface area (Å²) in [5, 5.41) is 10.5. The number of fused-ring (bicyclic) bond motifs is 1. The molecule has 33 heavy (non-hydrogen) atoms. The molecule has 0 aliphatic rings. The Balaban J connectivity index is 1.67. The number of sulfonamides is 1. The van der Waals surface area contributed by atoms with Crippen LogP contribution in [0.4, 0.5) is 14.5 Å². The average molecular weight is 463 g/mol. The van der Waals surface area contributed by atoms with Crippen LogP contribution in [0.15, 0.2) is 83.8 Å². The van der Waals surface area contributed by atoms with Crippen molar-refractivity contribution in [2.45, 2.75) is 4.90 Å². The topological polar surface area (TPSA) is 83.5 Å². The van der Waals surface area contributed by atoms with Crippen molar-refractivity contribution in [2.75, 3.05) is 4.72 Å². The van der Waals surface area contributed by atoms with Gasteiger partial charge in [0.25, 0.3) is 10.0 Å². The number of nitrogens with one attached hydrogen (secondary N) is 1. The van der Waals surface area contributed by atoms with Crippen molar-refractivity contribution in [3.63, 3.8) is 0 Å². The molecule has 164 valence electrons. The second-order valence-corrected chi connectivity index (χ2v) is 8.71. The largest absolute Gasteiger partial charge is 0.477 e. The van der Waals surface area contributed by atoms with Gasteiger partial charge >= 0.3 is 5.97 Å². The van der Waals surface area contributed by atoms with Crippen LogP contribution in [0.3, 0.4) is 0 Å². The normalized spacial score (nSPS) is 11.0. The number of para-hydroxylation sites is 1. The lowest BCUT2D eigenvalue weighted by Crippen LogP contribution is -2.13. The first kappa shape index (κ1) is 22.0. The maximum Gasteiger partial charge on any atom is 0.341 e. The monoisotopic (exact) mass is 463 g/mol. The van der Waals surface area contributed by atoms with E-state index in [1.807, 2.05) is 24.3 Å². The Morgan fingerprint density at radius 1 is 0.818 bits per heavy atom. The van der Waals surface area contributed by atoms with Crippen LogP contribution in [0.5, 0.6) is 0 Å². The van der Waals surface area contributed by atoms with Crippen LogP contribution in [-0.2, 0) is 10.0 Å². The van der Waals surface area contributed by atoms with Crippen LogP contribution < -0.4 is 4.72 Å². The molecule has 0 heterocycles. The van der Waals surface area contributed by atoms with Crippen molar-refractivity contribution in [3.8, 4) is 11.8 Å². The van der Waals surface area contributed by atoms with E-state index in [1.165, 1.54) is 12.1 Å². The zero-order valence-corrected chi connectivity index (χ0v) is 17.7. The van der Waals surface area contributed by atoms with E-state index in [0.717, 1.165) is 22.9 Å². The fourth-order valence-corrected chi connectivity index (χ4v) is 4.32. The van der Waals surface area contributed by atoms with E-state index in [9.17, 15) is 22.0 Å². The van der Waals surface area contributed by atoms with E-state index < -0.39 is 33.2 Å². The van der Waals surface area contributed by atoms with Gasteiger partial charge in [0.05, 0.1) is 10.6 Å². The maximum atomic E-state index is 13.9. The van der Waals surface area contributed by atoms with Gasteiger partial charge in [-0.15, -0.1) is 0 Å². The van der Waals surface area contributed by atoms with E-state index in [-0.39, 0.29) is 21.7 Å². The summed E-state index contributed by atoms with van der Waals surface area (Å²) in [6.07, 6.45) is 0. The predicted molar refractivity (Wildman–Crippen MR) is 120 cm³/mol. The Morgan fingerprint density at radius 3 is 2.15 bits per heavy atom. The van der Waals surface area contributed by atoms with Gasteiger partial charge in [0, 0.05) is 11.1 Å². The fourth-order valence-electron chi connectivity index (χ4n) is 3.21. The molecule has 0 bridgehead atoms. The van der Waals surface area contributed by atoms with Gasteiger partial charge < -0.3 is 5.11 Å². The van der Waals surface area contributed by atoms with E-state index in [1.54, 1.807) is 30.3 Å². The Bertz CT molecular complexity index is 1550. The van der Waals surface area contributed by atoms with Crippen LogP contribution in [0.1, 0.15) is 21.5 Å². The van der Waals surface area contributed by atoms with E-state index >= 15 is 0 Å². The van der Waals surface area contributed by atoms with Gasteiger partial charge in [-0.25, -0.2) is 22.0 Å². The van der Waals surface area contributed by atoms with Gasteiger partial charge in [-0.3, -0.25) is 4.72 Å². The van der Waals surface area contributed by atoms with Crippen LogP contribution in [-0.4, -0.2) is 19.5 Å². The van der Waals surface area contributed by atoms with Crippen LogP contribution >= 0.6 is 0 Å². The molecule has 0 amide bonds. The number of carboxylic acid groups (broad SMARTS) is 1. The minimum Gasteiger partial charge on any atom is -0.477 e. The molecule has 8 heteroatoms. The summed E-state index contributed by atoms with van der Waals surface area (Å²) in [6, 6.07) is 20.0. The highest BCUT2D eigenvalue weighted by molar-refractivity contribution is 7.92. The van der Waals surface area contributed by atoms with E-state index in [0.29, 0.717) is 0 Å². The summed E-state index contributed by atoms with van der Waals surface area (Å²) in [4.78, 5) is 11.0. The van der Waals surface area contributed by atoms with Gasteiger partial charge in [-0.05, 0) is 47.2 Å². The van der Waals surface area contributed by atoms with Gasteiger partial charge in [-0.1, -0.05) is 54.3 Å². The number of anilines is 1. The lowest BCUT2D eigenvalue weighted by Gasteiger charge is -2.10. The van der Waals surface area contributed by atoms with E-state index in [2.05, 4.69) is 16.6 Å². The molecule has 0 aliphatic heterocycles. The maximum absolute atomic E-state index is 13.9. The van der Waals surface area contributed by atoms with Crippen molar-refractivity contribution in [1.29, 1.82) is 0 Å². The summed E-state index contributed by atoms with van der Waals surface area (Å²) in [6.45, 7) is 0. The molecule has 0 saturated carbocycles. The Kier molecular flexibility index (Phi) is 5.82. The van der Waals surface area contributed by atoms with Crippen LogP contribution in [0, 0.1) is 23.5 Å². The summed E-state index contributed by atoms with van der Waals surface area (Å²) in [5.74, 6) is 0.990. The van der Waals surface area contributed by atoms with Crippen molar-refractivity contribution >= 4 is 32.5 Å². The molecule has 0 aliphatic carbocycles. The van der Waals surface area contributed by atoms with Crippen molar-refractivity contribution in [1.82, 2.24) is 0 Å². The molecule has 4 aromatic rings. The Morgan fingerprint density at radius 2 is 1.45 bits per heavy atom. The number of carboxylic acids is 1. The van der Waals surface area contributed by atoms with Gasteiger partial charge in [0.1, 0.15) is 17.2 Å². The van der Waals surface area contributed by atoms with Crippen molar-refractivity contribution in [3.05, 3.63) is 107 Å². The molecule has 0 spiro atoms. The third kappa shape index (κ3) is 4.68. The number of hydrogen-bond acceptors (Lipinski definition) is 3. The molecule has 0 aromatic heterocycles. The molecule has 0 saturated heterocycles. The first-order valence-corrected chi connectivity index (χ1v) is 11.1. The molecule has 4 rings (SSSR count). The lowest BCUT2D eigenvalue weighted by molar-refractivity contribution is 0.0686. The molecule has 0 radical (unpaired) electrons. The standard InChI is InChI=1S/C25H15F2NO4S/c26-21-13-16(14-22(27)24(21)25(29)30)9-10-18-6-3-4-8-23(18)28-33(31,32)20-12-11-17-5-1-2-7-19(17)15-20/h1-8,11-15,28H,(H,29,30). The van der Waals surface area contributed by atoms with Crippen molar-refractivity contribution < 1.29 is 27.1 Å². The Hall–Kier alpha value is -4.22. The molecular formula is C25H15F2NO4S. The molecule has 5 nitrogen and oxygen atoms in total. The first-order chi connectivity index (χ1) is 15.7. The molecular weight excluding hydrogens is 448 g/mol. The summed E-state index contributed by atoms with van der Waals surface area (Å²) in [5.41, 5.74) is -0.711. The third-order valence-corrected chi connectivity index (χ3v) is 6.16. The summed E-state index contributed by atoms with van der Waals surface area (Å²) in [7, 11) is -3.94. The summed E-state index contributed by atoms with van der Waals surface area (Å²) >= 11 is 0. The number of hydrogen-bond donors (Lipinski definition) is 2. The smallest absolute Gasteiger partial charge is 0.341 e. The summed E-state index contributed by atoms with van der Waals surface area (Å²) < 4.78 is 56.2. The zero-order chi connectivity index (χ0) is 23.6. The second-order valence-electron chi connectivity index (χ2n) is 7.03. The molecule has 2 N–H and O–H groups in total. The zero-order valence-electron chi connectivity index (χ0n) is 16.8. The lowest BCUT2D eigenvalue weighted by atomic mass is 10.1. The predicted octanol–water partition coefficient (Wildman–Crippen LogP) is 5.02. The fraction of sp³-hybridized carbons (Fsp3) is 0. The Labute approximate surface area is 188 Å². The highest BCUT2D eigenvalue weighted by Crippen LogP contribution is 2.23. The van der Waals surface area contributed by atoms with Crippen LogP contribution in [0.25, 0.3) is 10.8 Å². The molecule has 0 fully saturated rings. The highest BCUT2D eigenvalue weighted by atomic mass is 32.2. The third-order valence-electron chi connectivity index (χ3n) is 4.80. The molecule has 0 atom stereocenters. The van der Waals surface area contributed by atoms with Gasteiger partial charge in [0.15, 0.2) is 0 Å². The SMILES string of the molecule is O=C(O)c1c(F)cc(C#Cc2ccccc2NS(=O)(=O)c2ccc3ccccc3c2)cc1F. The first-order valence-electron chi connectivity index (χ1n) is 9.59. The molecule has 4 aromatic carbocycles. The second kappa shape index (κ2) is 8.73. The number of halogens is 2.